The van der Waals surface area contributed by atoms with Gasteiger partial charge in [-0.25, -0.2) is 4.79 Å². The topological polar surface area (TPSA) is 57.6 Å². The van der Waals surface area contributed by atoms with Gasteiger partial charge >= 0.3 is 5.97 Å². The van der Waals surface area contributed by atoms with Crippen molar-refractivity contribution in [1.82, 2.24) is 4.90 Å². The fraction of sp³-hybridized carbons (Fsp3) is 0.429. The van der Waals surface area contributed by atoms with Gasteiger partial charge in [-0.3, -0.25) is 4.79 Å². The molecule has 0 aliphatic rings. The average Bonchev–Trinajstić information content (AvgIpc) is 2.39. The molecule has 0 aliphatic carbocycles. The normalized spacial score (nSPS) is 12.8. The molecule has 0 fully saturated rings. The number of halogens is 1. The molecule has 0 aliphatic heterocycles. The number of rotatable bonds is 5. The highest BCUT2D eigenvalue weighted by atomic mass is 35.5. The maximum Gasteiger partial charge on any atom is 0.329 e. The Morgan fingerprint density at radius 3 is 2.40 bits per heavy atom. The predicted octanol–water partition coefficient (Wildman–Crippen LogP) is 3.14. The number of benzene rings is 1. The van der Waals surface area contributed by atoms with Crippen LogP contribution in [0.4, 0.5) is 0 Å². The van der Waals surface area contributed by atoms with Crippen LogP contribution in [0.1, 0.15) is 20.8 Å². The van der Waals surface area contributed by atoms with Crippen molar-refractivity contribution in [1.29, 1.82) is 0 Å². The molecule has 0 spiro atoms. The Kier molecular flexibility index (Phi) is 5.48. The molecule has 4 nitrogen and oxygen atoms in total. The van der Waals surface area contributed by atoms with Crippen LogP contribution in [-0.2, 0) is 9.59 Å². The van der Waals surface area contributed by atoms with Crippen molar-refractivity contribution < 1.29 is 14.7 Å². The highest BCUT2D eigenvalue weighted by Gasteiger charge is 2.37. The van der Waals surface area contributed by atoms with Gasteiger partial charge in [0.1, 0.15) is 5.54 Å². The second kappa shape index (κ2) is 6.50. The molecule has 1 amide bonds. The zero-order valence-corrected chi connectivity index (χ0v) is 13.5. The number of carbonyl (C=O) groups excluding carboxylic acids is 1. The van der Waals surface area contributed by atoms with Crippen molar-refractivity contribution in [3.63, 3.8) is 0 Å². The number of aliphatic carboxylic acids is 1. The van der Waals surface area contributed by atoms with E-state index in [9.17, 15) is 9.59 Å². The van der Waals surface area contributed by atoms with Crippen molar-refractivity contribution in [3.05, 3.63) is 29.3 Å². The SMILES string of the molecule is CC(Sc1ccccc1Cl)C(=O)N(C)C(C)(C)C(=O)O. The minimum absolute atomic E-state index is 0.248. The number of nitrogens with zero attached hydrogens (tertiary/aromatic N) is 1. The molecule has 1 unspecified atom stereocenters. The fourth-order valence-corrected chi connectivity index (χ4v) is 2.72. The van der Waals surface area contributed by atoms with Gasteiger partial charge in [-0.1, -0.05) is 23.7 Å². The molecule has 1 N–H and O–H groups in total. The number of hydrogen-bond acceptors (Lipinski definition) is 3. The van der Waals surface area contributed by atoms with Crippen LogP contribution in [0.15, 0.2) is 29.2 Å². The summed E-state index contributed by atoms with van der Waals surface area (Å²) in [6.07, 6.45) is 0. The number of carboxylic acids is 1. The predicted molar refractivity (Wildman–Crippen MR) is 81.3 cm³/mol. The summed E-state index contributed by atoms with van der Waals surface area (Å²) in [5.74, 6) is -1.29. The van der Waals surface area contributed by atoms with Gasteiger partial charge in [0.25, 0.3) is 0 Å². The molecule has 1 atom stereocenters. The highest BCUT2D eigenvalue weighted by Crippen LogP contribution is 2.31. The molecule has 110 valence electrons. The van der Waals surface area contributed by atoms with E-state index >= 15 is 0 Å². The lowest BCUT2D eigenvalue weighted by Gasteiger charge is -2.33. The summed E-state index contributed by atoms with van der Waals surface area (Å²) in [5.41, 5.74) is -1.24. The zero-order valence-electron chi connectivity index (χ0n) is 11.9. The van der Waals surface area contributed by atoms with Gasteiger partial charge in [0.05, 0.1) is 10.3 Å². The third-order valence-electron chi connectivity index (χ3n) is 3.18. The molecule has 0 aromatic heterocycles. The summed E-state index contributed by atoms with van der Waals surface area (Å²) in [4.78, 5) is 25.5. The van der Waals surface area contributed by atoms with E-state index in [0.717, 1.165) is 4.90 Å². The van der Waals surface area contributed by atoms with Gasteiger partial charge in [-0.15, -0.1) is 11.8 Å². The molecule has 0 saturated carbocycles. The fourth-order valence-electron chi connectivity index (χ4n) is 1.47. The van der Waals surface area contributed by atoms with E-state index in [1.807, 2.05) is 18.2 Å². The minimum Gasteiger partial charge on any atom is -0.480 e. The molecule has 0 radical (unpaired) electrons. The molecule has 0 heterocycles. The van der Waals surface area contributed by atoms with E-state index in [2.05, 4.69) is 0 Å². The van der Waals surface area contributed by atoms with Crippen LogP contribution in [0.5, 0.6) is 0 Å². The summed E-state index contributed by atoms with van der Waals surface area (Å²) in [5, 5.41) is 9.32. The molecule has 0 saturated heterocycles. The van der Waals surface area contributed by atoms with Gasteiger partial charge in [0, 0.05) is 11.9 Å². The molecular formula is C14H18ClNO3S. The minimum atomic E-state index is -1.24. The van der Waals surface area contributed by atoms with Crippen LogP contribution >= 0.6 is 23.4 Å². The Labute approximate surface area is 128 Å². The first-order valence-corrected chi connectivity index (χ1v) is 7.36. The van der Waals surface area contributed by atoms with Crippen LogP contribution < -0.4 is 0 Å². The molecule has 1 aromatic rings. The van der Waals surface area contributed by atoms with Crippen molar-refractivity contribution in [2.45, 2.75) is 36.5 Å². The van der Waals surface area contributed by atoms with Gasteiger partial charge < -0.3 is 10.0 Å². The molecule has 20 heavy (non-hydrogen) atoms. The maximum atomic E-state index is 12.3. The van der Waals surface area contributed by atoms with Crippen molar-refractivity contribution in [2.24, 2.45) is 0 Å². The summed E-state index contributed by atoms with van der Waals surface area (Å²) < 4.78 is 0. The Hall–Kier alpha value is -1.20. The van der Waals surface area contributed by atoms with Crippen molar-refractivity contribution in [3.8, 4) is 0 Å². The number of thioether (sulfide) groups is 1. The van der Waals surface area contributed by atoms with Gasteiger partial charge in [0.15, 0.2) is 0 Å². The van der Waals surface area contributed by atoms with Crippen molar-refractivity contribution in [2.75, 3.05) is 7.05 Å². The second-order valence-corrected chi connectivity index (χ2v) is 6.74. The molecule has 1 aromatic carbocycles. The lowest BCUT2D eigenvalue weighted by atomic mass is 10.0. The van der Waals surface area contributed by atoms with E-state index < -0.39 is 16.8 Å². The van der Waals surface area contributed by atoms with Crippen LogP contribution in [0, 0.1) is 0 Å². The number of likely N-dealkylation sites (N-methyl/N-ethyl adjacent to an activating group) is 1. The maximum absolute atomic E-state index is 12.3. The van der Waals surface area contributed by atoms with Crippen LogP contribution in [0.25, 0.3) is 0 Å². The van der Waals surface area contributed by atoms with Crippen LogP contribution in [-0.4, -0.2) is 39.7 Å². The zero-order chi connectivity index (χ0) is 15.5. The lowest BCUT2D eigenvalue weighted by Crippen LogP contribution is -2.52. The molecule has 1 rings (SSSR count). The van der Waals surface area contributed by atoms with Gasteiger partial charge in [0.2, 0.25) is 5.91 Å². The quantitative estimate of drug-likeness (QED) is 0.848. The van der Waals surface area contributed by atoms with Crippen LogP contribution in [0.3, 0.4) is 0 Å². The van der Waals surface area contributed by atoms with E-state index in [0.29, 0.717) is 5.02 Å². The monoisotopic (exact) mass is 315 g/mol. The Morgan fingerprint density at radius 2 is 1.90 bits per heavy atom. The Bertz CT molecular complexity index is 519. The highest BCUT2D eigenvalue weighted by molar-refractivity contribution is 8.00. The summed E-state index contributed by atoms with van der Waals surface area (Å²) in [7, 11) is 1.50. The number of carboxylic acid groups (broad SMARTS) is 1. The smallest absolute Gasteiger partial charge is 0.329 e. The molecule has 6 heteroatoms. The molecule has 0 bridgehead atoms. The van der Waals surface area contributed by atoms with Crippen molar-refractivity contribution >= 4 is 35.2 Å². The van der Waals surface area contributed by atoms with E-state index in [4.69, 9.17) is 16.7 Å². The summed E-state index contributed by atoms with van der Waals surface area (Å²) in [6, 6.07) is 7.25. The standard InChI is InChI=1S/C14H18ClNO3S/c1-9(20-11-8-6-5-7-10(11)15)12(17)16(4)14(2,3)13(18)19/h5-9H,1-4H3,(H,18,19). The van der Waals surface area contributed by atoms with Gasteiger partial charge in [-0.05, 0) is 32.9 Å². The van der Waals surface area contributed by atoms with Gasteiger partial charge in [-0.2, -0.15) is 0 Å². The number of carbonyl (C=O) groups is 2. The lowest BCUT2D eigenvalue weighted by molar-refractivity contribution is -0.155. The van der Waals surface area contributed by atoms with E-state index in [1.54, 1.807) is 13.0 Å². The van der Waals surface area contributed by atoms with E-state index in [-0.39, 0.29) is 5.91 Å². The second-order valence-electron chi connectivity index (χ2n) is 4.95. The average molecular weight is 316 g/mol. The first kappa shape index (κ1) is 16.9. The molecular weight excluding hydrogens is 298 g/mol. The summed E-state index contributed by atoms with van der Waals surface area (Å²) in [6.45, 7) is 4.74. The third-order valence-corrected chi connectivity index (χ3v) is 4.79. The van der Waals surface area contributed by atoms with Crippen LogP contribution in [0.2, 0.25) is 5.02 Å². The number of hydrogen-bond donors (Lipinski definition) is 1. The van der Waals surface area contributed by atoms with E-state index in [1.165, 1.54) is 37.6 Å². The third kappa shape index (κ3) is 3.67. The Balaban J connectivity index is 2.83. The number of amides is 1. The first-order valence-electron chi connectivity index (χ1n) is 6.10. The summed E-state index contributed by atoms with van der Waals surface area (Å²) >= 11 is 7.37. The first-order chi connectivity index (χ1) is 9.17. The largest absolute Gasteiger partial charge is 0.480 e. The Morgan fingerprint density at radius 1 is 1.35 bits per heavy atom.